The molecule has 0 bridgehead atoms. The van der Waals surface area contributed by atoms with Gasteiger partial charge in [-0.25, -0.2) is 0 Å². The average Bonchev–Trinajstić information content (AvgIpc) is 3.34. The standard InChI is InChI=1S/C17H28N2O4/c1-11(2)8-14(17(22)23)9-18-15(20)13-4-3-7-19(10-13)16(21)12-5-6-12/h11-14H,3-10H2,1-2H3,(H,18,20)(H,22,23). The van der Waals surface area contributed by atoms with Gasteiger partial charge < -0.3 is 15.3 Å². The van der Waals surface area contributed by atoms with Crippen molar-refractivity contribution in [3.05, 3.63) is 0 Å². The largest absolute Gasteiger partial charge is 0.481 e. The molecule has 23 heavy (non-hydrogen) atoms. The Morgan fingerprint density at radius 1 is 1.17 bits per heavy atom. The summed E-state index contributed by atoms with van der Waals surface area (Å²) in [6, 6.07) is 0. The normalized spacial score (nSPS) is 22.7. The van der Waals surface area contributed by atoms with Crippen LogP contribution in [0.5, 0.6) is 0 Å². The minimum absolute atomic E-state index is 0.117. The highest BCUT2D eigenvalue weighted by atomic mass is 16.4. The first-order valence-electron chi connectivity index (χ1n) is 8.67. The number of carbonyl (C=O) groups excluding carboxylic acids is 2. The molecule has 2 aliphatic rings. The van der Waals surface area contributed by atoms with Gasteiger partial charge in [-0.3, -0.25) is 14.4 Å². The smallest absolute Gasteiger partial charge is 0.308 e. The highest BCUT2D eigenvalue weighted by Gasteiger charge is 2.36. The number of aliphatic carboxylic acids is 1. The van der Waals surface area contributed by atoms with Gasteiger partial charge >= 0.3 is 5.97 Å². The van der Waals surface area contributed by atoms with Crippen LogP contribution < -0.4 is 5.32 Å². The third-order valence-corrected chi connectivity index (χ3v) is 4.66. The van der Waals surface area contributed by atoms with E-state index in [2.05, 4.69) is 5.32 Å². The second-order valence-electron chi connectivity index (χ2n) is 7.31. The van der Waals surface area contributed by atoms with E-state index in [1.54, 1.807) is 0 Å². The number of rotatable bonds is 7. The molecule has 0 aromatic heterocycles. The average molecular weight is 324 g/mol. The molecule has 2 unspecified atom stereocenters. The highest BCUT2D eigenvalue weighted by Crippen LogP contribution is 2.32. The van der Waals surface area contributed by atoms with Crippen LogP contribution in [0.15, 0.2) is 0 Å². The maximum atomic E-state index is 12.3. The van der Waals surface area contributed by atoms with Crippen LogP contribution in [0.3, 0.4) is 0 Å². The van der Waals surface area contributed by atoms with Gasteiger partial charge in [-0.05, 0) is 38.0 Å². The lowest BCUT2D eigenvalue weighted by atomic mass is 9.95. The number of nitrogens with zero attached hydrogens (tertiary/aromatic N) is 1. The number of carbonyl (C=O) groups is 3. The van der Waals surface area contributed by atoms with Crippen LogP contribution in [0.2, 0.25) is 0 Å². The summed E-state index contributed by atoms with van der Waals surface area (Å²) < 4.78 is 0. The number of hydrogen-bond donors (Lipinski definition) is 2. The van der Waals surface area contributed by atoms with Crippen LogP contribution in [-0.4, -0.2) is 47.4 Å². The summed E-state index contributed by atoms with van der Waals surface area (Å²) in [6.07, 6.45) is 4.10. The maximum absolute atomic E-state index is 12.3. The molecule has 1 aliphatic heterocycles. The van der Waals surface area contributed by atoms with Gasteiger partial charge in [0.25, 0.3) is 0 Å². The Labute approximate surface area is 137 Å². The van der Waals surface area contributed by atoms with Crippen molar-refractivity contribution in [1.82, 2.24) is 10.2 Å². The van der Waals surface area contributed by atoms with E-state index < -0.39 is 11.9 Å². The van der Waals surface area contributed by atoms with Crippen LogP contribution in [0.25, 0.3) is 0 Å². The lowest BCUT2D eigenvalue weighted by Gasteiger charge is -2.32. The Hall–Kier alpha value is -1.59. The Bertz CT molecular complexity index is 460. The van der Waals surface area contributed by atoms with Crippen molar-refractivity contribution < 1.29 is 19.5 Å². The molecule has 2 amide bonds. The van der Waals surface area contributed by atoms with E-state index in [4.69, 9.17) is 0 Å². The fourth-order valence-corrected chi connectivity index (χ4v) is 3.19. The second-order valence-corrected chi connectivity index (χ2v) is 7.31. The van der Waals surface area contributed by atoms with E-state index in [1.807, 2.05) is 18.7 Å². The molecular weight excluding hydrogens is 296 g/mol. The van der Waals surface area contributed by atoms with Gasteiger partial charge in [-0.2, -0.15) is 0 Å². The maximum Gasteiger partial charge on any atom is 0.308 e. The summed E-state index contributed by atoms with van der Waals surface area (Å²) in [5.41, 5.74) is 0. The van der Waals surface area contributed by atoms with Crippen LogP contribution in [-0.2, 0) is 14.4 Å². The van der Waals surface area contributed by atoms with E-state index in [9.17, 15) is 19.5 Å². The molecule has 0 aromatic carbocycles. The van der Waals surface area contributed by atoms with E-state index in [0.717, 1.165) is 32.2 Å². The Kier molecular flexibility index (Phi) is 6.02. The fraction of sp³-hybridized carbons (Fsp3) is 0.824. The third kappa shape index (κ3) is 5.22. The molecule has 2 N–H and O–H groups in total. The van der Waals surface area contributed by atoms with Crippen LogP contribution in [0.4, 0.5) is 0 Å². The summed E-state index contributed by atoms with van der Waals surface area (Å²) in [7, 11) is 0. The first-order chi connectivity index (χ1) is 10.9. The zero-order chi connectivity index (χ0) is 17.0. The number of amides is 2. The number of likely N-dealkylation sites (tertiary alicyclic amines) is 1. The van der Waals surface area contributed by atoms with Gasteiger partial charge in [-0.15, -0.1) is 0 Å². The zero-order valence-corrected chi connectivity index (χ0v) is 14.1. The number of hydrogen-bond acceptors (Lipinski definition) is 3. The quantitative estimate of drug-likeness (QED) is 0.743. The van der Waals surface area contributed by atoms with Crippen molar-refractivity contribution in [2.75, 3.05) is 19.6 Å². The van der Waals surface area contributed by atoms with E-state index in [0.29, 0.717) is 13.0 Å². The summed E-state index contributed by atoms with van der Waals surface area (Å²) in [5.74, 6) is -1.10. The molecular formula is C17H28N2O4. The molecule has 1 heterocycles. The summed E-state index contributed by atoms with van der Waals surface area (Å²) in [5, 5.41) is 12.0. The number of nitrogens with one attached hydrogen (secondary N) is 1. The first kappa shape index (κ1) is 17.8. The molecule has 1 aliphatic carbocycles. The van der Waals surface area contributed by atoms with Crippen molar-refractivity contribution in [3.63, 3.8) is 0 Å². The zero-order valence-electron chi connectivity index (χ0n) is 14.1. The summed E-state index contributed by atoms with van der Waals surface area (Å²) in [6.45, 7) is 5.33. The predicted octanol–water partition coefficient (Wildman–Crippen LogP) is 1.50. The number of carboxylic acids is 1. The van der Waals surface area contributed by atoms with E-state index in [-0.39, 0.29) is 36.1 Å². The van der Waals surface area contributed by atoms with Gasteiger partial charge in [0, 0.05) is 25.6 Å². The van der Waals surface area contributed by atoms with Crippen LogP contribution >= 0.6 is 0 Å². The Morgan fingerprint density at radius 2 is 1.87 bits per heavy atom. The number of carboxylic acid groups (broad SMARTS) is 1. The van der Waals surface area contributed by atoms with Crippen molar-refractivity contribution >= 4 is 17.8 Å². The molecule has 2 atom stereocenters. The third-order valence-electron chi connectivity index (χ3n) is 4.66. The SMILES string of the molecule is CC(C)CC(CNC(=O)C1CCCN(C(=O)C2CC2)C1)C(=O)O. The Morgan fingerprint density at radius 3 is 2.43 bits per heavy atom. The minimum Gasteiger partial charge on any atom is -0.481 e. The van der Waals surface area contributed by atoms with Crippen molar-refractivity contribution in [1.29, 1.82) is 0 Å². The molecule has 0 spiro atoms. The van der Waals surface area contributed by atoms with Gasteiger partial charge in [0.1, 0.15) is 0 Å². The minimum atomic E-state index is -0.867. The van der Waals surface area contributed by atoms with Crippen LogP contribution in [0, 0.1) is 23.7 Å². The lowest BCUT2D eigenvalue weighted by Crippen LogP contribution is -2.47. The summed E-state index contributed by atoms with van der Waals surface area (Å²) >= 11 is 0. The van der Waals surface area contributed by atoms with Crippen molar-refractivity contribution in [3.8, 4) is 0 Å². The molecule has 130 valence electrons. The fourth-order valence-electron chi connectivity index (χ4n) is 3.19. The molecule has 6 nitrogen and oxygen atoms in total. The lowest BCUT2D eigenvalue weighted by molar-refractivity contribution is -0.142. The molecule has 2 rings (SSSR count). The number of piperidine rings is 1. The molecule has 0 radical (unpaired) electrons. The predicted molar refractivity (Wildman–Crippen MR) is 85.6 cm³/mol. The second kappa shape index (κ2) is 7.79. The Balaban J connectivity index is 1.81. The van der Waals surface area contributed by atoms with Gasteiger partial charge in [0.2, 0.25) is 11.8 Å². The summed E-state index contributed by atoms with van der Waals surface area (Å²) in [4.78, 5) is 37.5. The highest BCUT2D eigenvalue weighted by molar-refractivity contribution is 5.83. The molecule has 2 fully saturated rings. The molecule has 0 aromatic rings. The van der Waals surface area contributed by atoms with E-state index in [1.165, 1.54) is 0 Å². The van der Waals surface area contributed by atoms with Crippen molar-refractivity contribution in [2.45, 2.75) is 46.0 Å². The molecule has 6 heteroatoms. The van der Waals surface area contributed by atoms with Gasteiger partial charge in [0.15, 0.2) is 0 Å². The topological polar surface area (TPSA) is 86.7 Å². The van der Waals surface area contributed by atoms with Crippen molar-refractivity contribution in [2.24, 2.45) is 23.7 Å². The van der Waals surface area contributed by atoms with Gasteiger partial charge in [0.05, 0.1) is 11.8 Å². The van der Waals surface area contributed by atoms with E-state index >= 15 is 0 Å². The molecule has 1 saturated carbocycles. The van der Waals surface area contributed by atoms with Gasteiger partial charge in [-0.1, -0.05) is 13.8 Å². The van der Waals surface area contributed by atoms with Crippen LogP contribution in [0.1, 0.15) is 46.0 Å². The molecule has 1 saturated heterocycles. The monoisotopic (exact) mass is 324 g/mol. The first-order valence-corrected chi connectivity index (χ1v) is 8.67.